The van der Waals surface area contributed by atoms with Crippen molar-refractivity contribution >= 4 is 11.7 Å². The molecule has 0 unspecified atom stereocenters. The lowest BCUT2D eigenvalue weighted by atomic mass is 9.73. The van der Waals surface area contributed by atoms with Crippen LogP contribution in [0.5, 0.6) is 5.75 Å². The molecule has 34 heavy (non-hydrogen) atoms. The van der Waals surface area contributed by atoms with Gasteiger partial charge in [0.15, 0.2) is 0 Å². The highest BCUT2D eigenvalue weighted by atomic mass is 19.1. The van der Waals surface area contributed by atoms with Gasteiger partial charge in [0, 0.05) is 49.4 Å². The molecule has 1 heterocycles. The first-order chi connectivity index (χ1) is 16.2. The molecule has 2 fully saturated rings. The number of halogens is 2. The van der Waals surface area contributed by atoms with Crippen LogP contribution in [-0.4, -0.2) is 61.9 Å². The third-order valence-corrected chi connectivity index (χ3v) is 7.50. The number of nitrogens with one attached hydrogen (secondary N) is 1. The molecule has 0 bridgehead atoms. The van der Waals surface area contributed by atoms with E-state index in [9.17, 15) is 13.6 Å². The molecule has 1 aliphatic carbocycles. The zero-order valence-corrected chi connectivity index (χ0v) is 19.9. The van der Waals surface area contributed by atoms with Crippen LogP contribution in [0.25, 0.3) is 0 Å². The number of hydrogen-bond donors (Lipinski definition) is 2. The van der Waals surface area contributed by atoms with Crippen LogP contribution in [0.4, 0.5) is 14.5 Å². The Kier molecular flexibility index (Phi) is 7.09. The summed E-state index contributed by atoms with van der Waals surface area (Å²) < 4.78 is 34.3. The predicted molar refractivity (Wildman–Crippen MR) is 127 cm³/mol. The summed E-state index contributed by atoms with van der Waals surface area (Å²) in [4.78, 5) is 15.4. The number of nitrogens with zero attached hydrogens (tertiary/aromatic N) is 2. The van der Waals surface area contributed by atoms with Crippen LogP contribution < -0.4 is 15.0 Å². The zero-order chi connectivity index (χ0) is 24.5. The Bertz CT molecular complexity index is 1020. The van der Waals surface area contributed by atoms with E-state index in [1.807, 2.05) is 33.3 Å². The van der Waals surface area contributed by atoms with E-state index >= 15 is 0 Å². The van der Waals surface area contributed by atoms with Crippen LogP contribution >= 0.6 is 0 Å². The first kappa shape index (κ1) is 24.4. The highest BCUT2D eigenvalue weighted by Gasteiger charge is 2.40. The van der Waals surface area contributed by atoms with Gasteiger partial charge in [-0.15, -0.1) is 0 Å². The minimum atomic E-state index is -0.907. The van der Waals surface area contributed by atoms with E-state index in [-0.39, 0.29) is 23.5 Å². The van der Waals surface area contributed by atoms with Crippen molar-refractivity contribution in [2.75, 3.05) is 32.6 Å². The van der Waals surface area contributed by atoms with Gasteiger partial charge in [-0.2, -0.15) is 0 Å². The summed E-state index contributed by atoms with van der Waals surface area (Å²) in [5.74, 6) is -1.12. The molecule has 0 amide bonds. The van der Waals surface area contributed by atoms with Crippen molar-refractivity contribution in [1.82, 2.24) is 10.2 Å². The average Bonchev–Trinajstić information content (AvgIpc) is 3.27. The molecule has 0 spiro atoms. The molecule has 184 valence electrons. The van der Waals surface area contributed by atoms with Crippen LogP contribution in [0.2, 0.25) is 0 Å². The summed E-state index contributed by atoms with van der Waals surface area (Å²) in [6, 6.07) is 11.1. The fraction of sp³-hybridized carbons (Fsp3) is 0.500. The summed E-state index contributed by atoms with van der Waals surface area (Å²) in [6.45, 7) is 0.411. The number of ether oxygens (including phenoxy) is 1. The summed E-state index contributed by atoms with van der Waals surface area (Å²) in [5.41, 5.74) is 1.49. The number of aliphatic carboxylic acids is 1. The van der Waals surface area contributed by atoms with Crippen molar-refractivity contribution in [2.24, 2.45) is 0 Å². The molecule has 0 radical (unpaired) electrons. The van der Waals surface area contributed by atoms with Gasteiger partial charge >= 0.3 is 5.97 Å². The van der Waals surface area contributed by atoms with Crippen LogP contribution in [-0.2, 0) is 10.3 Å². The van der Waals surface area contributed by atoms with Gasteiger partial charge in [0.25, 0.3) is 0 Å². The molecule has 2 aliphatic rings. The van der Waals surface area contributed by atoms with E-state index in [2.05, 4.69) is 15.1 Å². The number of hydrogen-bond acceptors (Lipinski definition) is 5. The van der Waals surface area contributed by atoms with Crippen LogP contribution in [0.3, 0.4) is 0 Å². The molecule has 2 atom stereocenters. The fourth-order valence-corrected chi connectivity index (χ4v) is 5.44. The van der Waals surface area contributed by atoms with Crippen LogP contribution in [0, 0.1) is 11.6 Å². The van der Waals surface area contributed by atoms with Gasteiger partial charge < -0.3 is 20.1 Å². The fourth-order valence-electron chi connectivity index (χ4n) is 5.44. The molecule has 4 rings (SSSR count). The molecule has 2 aromatic carbocycles. The van der Waals surface area contributed by atoms with Crippen LogP contribution in [0.15, 0.2) is 42.5 Å². The number of carbonyl (C=O) groups is 1. The second-order valence-corrected chi connectivity index (χ2v) is 9.70. The molecule has 8 heteroatoms. The van der Waals surface area contributed by atoms with Gasteiger partial charge in [0.2, 0.25) is 0 Å². The van der Waals surface area contributed by atoms with Gasteiger partial charge in [-0.25, -0.2) is 8.78 Å². The summed E-state index contributed by atoms with van der Waals surface area (Å²) in [5, 5.41) is 12.1. The van der Waals surface area contributed by atoms with Gasteiger partial charge in [-0.05, 0) is 63.5 Å². The zero-order valence-electron chi connectivity index (χ0n) is 19.9. The maximum absolute atomic E-state index is 14.5. The number of rotatable bonds is 7. The van der Waals surface area contributed by atoms with Crippen molar-refractivity contribution in [3.8, 4) is 5.75 Å². The van der Waals surface area contributed by atoms with Crippen molar-refractivity contribution in [2.45, 2.75) is 55.8 Å². The van der Waals surface area contributed by atoms with E-state index in [4.69, 9.17) is 9.84 Å². The van der Waals surface area contributed by atoms with Gasteiger partial charge in [0.05, 0.1) is 0 Å². The molecule has 6 nitrogen and oxygen atoms in total. The van der Waals surface area contributed by atoms with Crippen molar-refractivity contribution in [3.05, 3.63) is 59.7 Å². The van der Waals surface area contributed by atoms with E-state index < -0.39 is 17.8 Å². The minimum Gasteiger partial charge on any atom is -0.489 e. The Balaban J connectivity index is 1.45. The topological polar surface area (TPSA) is 65.0 Å². The van der Waals surface area contributed by atoms with E-state index in [1.165, 1.54) is 18.2 Å². The SMILES string of the molecule is CN(c1cc(F)cc(O[C@@H]2CN[C@H](C(=O)O)C2)c1)C1CCC(c2cccc(F)c2)(N(C)C)CC1. The van der Waals surface area contributed by atoms with Crippen molar-refractivity contribution in [3.63, 3.8) is 0 Å². The Labute approximate surface area is 199 Å². The normalized spacial score (nSPS) is 27.1. The molecule has 2 N–H and O–H groups in total. The maximum atomic E-state index is 14.5. The number of benzene rings is 2. The number of anilines is 1. The molecular weight excluding hydrogens is 440 g/mol. The average molecular weight is 474 g/mol. The molecule has 1 saturated heterocycles. The molecule has 2 aromatic rings. The Morgan fingerprint density at radius 2 is 1.82 bits per heavy atom. The van der Waals surface area contributed by atoms with E-state index in [0.717, 1.165) is 36.9 Å². The third-order valence-electron chi connectivity index (χ3n) is 7.50. The van der Waals surface area contributed by atoms with Gasteiger partial charge in [-0.1, -0.05) is 12.1 Å². The maximum Gasteiger partial charge on any atom is 0.320 e. The summed E-state index contributed by atoms with van der Waals surface area (Å²) in [7, 11) is 6.04. The van der Waals surface area contributed by atoms with Gasteiger partial charge in [-0.3, -0.25) is 9.69 Å². The van der Waals surface area contributed by atoms with Gasteiger partial charge in [0.1, 0.15) is 29.5 Å². The molecular formula is C26H33F2N3O3. The second-order valence-electron chi connectivity index (χ2n) is 9.70. The van der Waals surface area contributed by atoms with E-state index in [0.29, 0.717) is 18.7 Å². The highest BCUT2D eigenvalue weighted by molar-refractivity contribution is 5.74. The lowest BCUT2D eigenvalue weighted by molar-refractivity contribution is -0.139. The monoisotopic (exact) mass is 473 g/mol. The highest BCUT2D eigenvalue weighted by Crippen LogP contribution is 2.43. The van der Waals surface area contributed by atoms with E-state index in [1.54, 1.807) is 12.1 Å². The van der Waals surface area contributed by atoms with Crippen molar-refractivity contribution < 1.29 is 23.4 Å². The summed E-state index contributed by atoms with van der Waals surface area (Å²) in [6.07, 6.45) is 3.51. The molecule has 0 aromatic heterocycles. The third kappa shape index (κ3) is 5.03. The second kappa shape index (κ2) is 9.88. The minimum absolute atomic E-state index is 0.209. The lowest BCUT2D eigenvalue weighted by Gasteiger charge is -2.47. The predicted octanol–water partition coefficient (Wildman–Crippen LogP) is 3.99. The van der Waals surface area contributed by atoms with Crippen LogP contribution in [0.1, 0.15) is 37.7 Å². The smallest absolute Gasteiger partial charge is 0.320 e. The summed E-state index contributed by atoms with van der Waals surface area (Å²) >= 11 is 0. The number of carboxylic acid groups (broad SMARTS) is 1. The van der Waals surface area contributed by atoms with Crippen molar-refractivity contribution in [1.29, 1.82) is 0 Å². The lowest BCUT2D eigenvalue weighted by Crippen LogP contribution is -2.48. The first-order valence-electron chi connectivity index (χ1n) is 11.8. The first-order valence-corrected chi connectivity index (χ1v) is 11.8. The quantitative estimate of drug-likeness (QED) is 0.634. The molecule has 1 aliphatic heterocycles. The Hall–Kier alpha value is -2.71. The Morgan fingerprint density at radius 1 is 1.09 bits per heavy atom. The number of carboxylic acids is 1. The molecule has 1 saturated carbocycles. The Morgan fingerprint density at radius 3 is 2.44 bits per heavy atom. The largest absolute Gasteiger partial charge is 0.489 e. The standard InChI is InChI=1S/C26H33F2N3O3/c1-30(2)26(17-5-4-6-18(27)11-17)9-7-20(8-10-26)31(3)21-12-19(28)13-22(14-21)34-23-15-24(25(32)33)29-16-23/h4-6,11-14,20,23-24,29H,7-10,15-16H2,1-3H3,(H,32,33)/t20?,23-,24-,26?/m0/s1.